The second-order valence-electron chi connectivity index (χ2n) is 5.09. The Bertz CT molecular complexity index is 639. The summed E-state index contributed by atoms with van der Waals surface area (Å²) in [5.41, 5.74) is 2.33. The summed E-state index contributed by atoms with van der Waals surface area (Å²) in [5, 5.41) is 5.66. The van der Waals surface area contributed by atoms with Gasteiger partial charge in [-0.05, 0) is 30.2 Å². The van der Waals surface area contributed by atoms with Crippen LogP contribution in [0.4, 0.5) is 11.4 Å². The van der Waals surface area contributed by atoms with E-state index < -0.39 is 0 Å². The zero-order valence-electron chi connectivity index (χ0n) is 12.6. The molecule has 0 aromatic heterocycles. The standard InChI is InChI=1S/C18H20N2O2/c1-2-7-17(21)19-15-10-6-11-16(13-15)20-18(22)12-14-8-4-3-5-9-14/h3-6,8-11,13H,2,7,12H2,1H3,(H,19,21)(H,20,22). The highest BCUT2D eigenvalue weighted by atomic mass is 16.2. The summed E-state index contributed by atoms with van der Waals surface area (Å²) in [6.45, 7) is 1.96. The molecule has 0 aliphatic rings. The predicted molar refractivity (Wildman–Crippen MR) is 88.8 cm³/mol. The number of anilines is 2. The third kappa shape index (κ3) is 5.05. The van der Waals surface area contributed by atoms with Gasteiger partial charge in [-0.15, -0.1) is 0 Å². The molecular weight excluding hydrogens is 276 g/mol. The molecule has 0 saturated heterocycles. The minimum Gasteiger partial charge on any atom is -0.326 e. The second-order valence-corrected chi connectivity index (χ2v) is 5.09. The van der Waals surface area contributed by atoms with Crippen LogP contribution in [0.5, 0.6) is 0 Å². The number of hydrogen-bond donors (Lipinski definition) is 2. The Kier molecular flexibility index (Phi) is 5.72. The van der Waals surface area contributed by atoms with E-state index in [2.05, 4.69) is 10.6 Å². The SMILES string of the molecule is CCCC(=O)Nc1cccc(NC(=O)Cc2ccccc2)c1. The van der Waals surface area contributed by atoms with E-state index >= 15 is 0 Å². The number of carbonyl (C=O) groups excluding carboxylic acids is 2. The summed E-state index contributed by atoms with van der Waals surface area (Å²) in [5.74, 6) is -0.0986. The maximum Gasteiger partial charge on any atom is 0.228 e. The van der Waals surface area contributed by atoms with Crippen LogP contribution in [0.25, 0.3) is 0 Å². The molecule has 22 heavy (non-hydrogen) atoms. The van der Waals surface area contributed by atoms with Crippen molar-refractivity contribution in [2.75, 3.05) is 10.6 Å². The third-order valence-electron chi connectivity index (χ3n) is 3.11. The fourth-order valence-electron chi connectivity index (χ4n) is 2.11. The van der Waals surface area contributed by atoms with Crippen LogP contribution in [-0.4, -0.2) is 11.8 Å². The summed E-state index contributed by atoms with van der Waals surface area (Å²) in [4.78, 5) is 23.6. The van der Waals surface area contributed by atoms with E-state index in [1.165, 1.54) is 0 Å². The smallest absolute Gasteiger partial charge is 0.228 e. The summed E-state index contributed by atoms with van der Waals surface area (Å²) < 4.78 is 0. The molecule has 0 unspecified atom stereocenters. The number of amides is 2. The number of benzene rings is 2. The van der Waals surface area contributed by atoms with Gasteiger partial charge in [0.1, 0.15) is 0 Å². The molecule has 0 heterocycles. The molecule has 0 bridgehead atoms. The minimum atomic E-state index is -0.0803. The van der Waals surface area contributed by atoms with Gasteiger partial charge in [-0.1, -0.05) is 43.3 Å². The topological polar surface area (TPSA) is 58.2 Å². The molecule has 2 amide bonds. The van der Waals surface area contributed by atoms with Crippen molar-refractivity contribution >= 4 is 23.2 Å². The summed E-state index contributed by atoms with van der Waals surface area (Å²) in [6.07, 6.45) is 1.62. The minimum absolute atomic E-state index is 0.0183. The maximum absolute atomic E-state index is 12.0. The van der Waals surface area contributed by atoms with Crippen molar-refractivity contribution in [2.45, 2.75) is 26.2 Å². The largest absolute Gasteiger partial charge is 0.326 e. The van der Waals surface area contributed by atoms with Crippen molar-refractivity contribution < 1.29 is 9.59 Å². The van der Waals surface area contributed by atoms with Crippen LogP contribution >= 0.6 is 0 Å². The second kappa shape index (κ2) is 7.98. The van der Waals surface area contributed by atoms with Gasteiger partial charge >= 0.3 is 0 Å². The average Bonchev–Trinajstić information content (AvgIpc) is 2.48. The molecule has 0 spiro atoms. The third-order valence-corrected chi connectivity index (χ3v) is 3.11. The average molecular weight is 296 g/mol. The van der Waals surface area contributed by atoms with Gasteiger partial charge in [0, 0.05) is 17.8 Å². The lowest BCUT2D eigenvalue weighted by Gasteiger charge is -2.08. The Hall–Kier alpha value is -2.62. The van der Waals surface area contributed by atoms with Gasteiger partial charge in [0.05, 0.1) is 6.42 Å². The Balaban J connectivity index is 1.95. The monoisotopic (exact) mass is 296 g/mol. The first-order chi connectivity index (χ1) is 10.7. The highest BCUT2D eigenvalue weighted by Gasteiger charge is 2.05. The van der Waals surface area contributed by atoms with Crippen molar-refractivity contribution in [1.82, 2.24) is 0 Å². The van der Waals surface area contributed by atoms with Gasteiger partial charge in [-0.25, -0.2) is 0 Å². The highest BCUT2D eigenvalue weighted by Crippen LogP contribution is 2.16. The van der Waals surface area contributed by atoms with E-state index in [-0.39, 0.29) is 11.8 Å². The number of rotatable bonds is 6. The van der Waals surface area contributed by atoms with Crippen LogP contribution in [0.3, 0.4) is 0 Å². The molecular formula is C18H20N2O2. The van der Waals surface area contributed by atoms with E-state index in [1.807, 2.05) is 37.3 Å². The van der Waals surface area contributed by atoms with Crippen molar-refractivity contribution in [3.05, 3.63) is 60.2 Å². The van der Waals surface area contributed by atoms with Gasteiger partial charge in [0.15, 0.2) is 0 Å². The van der Waals surface area contributed by atoms with Crippen molar-refractivity contribution in [3.63, 3.8) is 0 Å². The van der Waals surface area contributed by atoms with Crippen LogP contribution in [0, 0.1) is 0 Å². The highest BCUT2D eigenvalue weighted by molar-refractivity contribution is 5.94. The van der Waals surface area contributed by atoms with Crippen LogP contribution in [0.15, 0.2) is 54.6 Å². The molecule has 4 nitrogen and oxygen atoms in total. The first-order valence-electron chi connectivity index (χ1n) is 7.41. The van der Waals surface area contributed by atoms with Gasteiger partial charge in [-0.3, -0.25) is 9.59 Å². The summed E-state index contributed by atoms with van der Waals surface area (Å²) >= 11 is 0. The molecule has 2 aromatic rings. The summed E-state index contributed by atoms with van der Waals surface area (Å²) in [7, 11) is 0. The predicted octanol–water partition coefficient (Wildman–Crippen LogP) is 3.61. The molecule has 0 atom stereocenters. The summed E-state index contributed by atoms with van der Waals surface area (Å²) in [6, 6.07) is 16.7. The van der Waals surface area contributed by atoms with Crippen molar-refractivity contribution in [3.8, 4) is 0 Å². The Labute approximate surface area is 130 Å². The van der Waals surface area contributed by atoms with Gasteiger partial charge < -0.3 is 10.6 Å². The van der Waals surface area contributed by atoms with E-state index in [0.717, 1.165) is 12.0 Å². The maximum atomic E-state index is 12.0. The van der Waals surface area contributed by atoms with Crippen LogP contribution in [0.1, 0.15) is 25.3 Å². The zero-order chi connectivity index (χ0) is 15.8. The fourth-order valence-corrected chi connectivity index (χ4v) is 2.11. The van der Waals surface area contributed by atoms with Crippen molar-refractivity contribution in [2.24, 2.45) is 0 Å². The zero-order valence-corrected chi connectivity index (χ0v) is 12.6. The first kappa shape index (κ1) is 15.8. The van der Waals surface area contributed by atoms with E-state index in [4.69, 9.17) is 0 Å². The normalized spacial score (nSPS) is 10.0. The van der Waals surface area contributed by atoms with Gasteiger partial charge in [-0.2, -0.15) is 0 Å². The number of carbonyl (C=O) groups is 2. The van der Waals surface area contributed by atoms with Crippen LogP contribution in [-0.2, 0) is 16.0 Å². The quantitative estimate of drug-likeness (QED) is 0.855. The van der Waals surface area contributed by atoms with Crippen molar-refractivity contribution in [1.29, 1.82) is 0 Å². The lowest BCUT2D eigenvalue weighted by atomic mass is 10.1. The number of nitrogens with one attached hydrogen (secondary N) is 2. The molecule has 0 radical (unpaired) electrons. The molecule has 2 N–H and O–H groups in total. The molecule has 0 aliphatic carbocycles. The lowest BCUT2D eigenvalue weighted by molar-refractivity contribution is -0.116. The Morgan fingerprint density at radius 2 is 1.50 bits per heavy atom. The molecule has 0 fully saturated rings. The van der Waals surface area contributed by atoms with Crippen LogP contribution < -0.4 is 10.6 Å². The van der Waals surface area contributed by atoms with Crippen LogP contribution in [0.2, 0.25) is 0 Å². The Morgan fingerprint density at radius 3 is 2.14 bits per heavy atom. The molecule has 0 saturated carbocycles. The molecule has 2 rings (SSSR count). The molecule has 114 valence electrons. The Morgan fingerprint density at radius 1 is 0.864 bits per heavy atom. The van der Waals surface area contributed by atoms with Gasteiger partial charge in [0.2, 0.25) is 11.8 Å². The lowest BCUT2D eigenvalue weighted by Crippen LogP contribution is -2.15. The fraction of sp³-hybridized carbons (Fsp3) is 0.222. The van der Waals surface area contributed by atoms with E-state index in [9.17, 15) is 9.59 Å². The van der Waals surface area contributed by atoms with E-state index in [0.29, 0.717) is 24.2 Å². The van der Waals surface area contributed by atoms with E-state index in [1.54, 1.807) is 24.3 Å². The number of hydrogen-bond acceptors (Lipinski definition) is 2. The first-order valence-corrected chi connectivity index (χ1v) is 7.41. The molecule has 0 aliphatic heterocycles. The molecule has 2 aromatic carbocycles. The molecule has 4 heteroatoms. The van der Waals surface area contributed by atoms with Gasteiger partial charge in [0.25, 0.3) is 0 Å².